The Bertz CT molecular complexity index is 833. The van der Waals surface area contributed by atoms with E-state index in [4.69, 9.17) is 10.2 Å². The van der Waals surface area contributed by atoms with Crippen LogP contribution in [-0.4, -0.2) is 12.5 Å². The minimum Gasteiger partial charge on any atom is -0.451 e. The second-order valence-electron chi connectivity index (χ2n) is 5.60. The van der Waals surface area contributed by atoms with Gasteiger partial charge in [-0.25, -0.2) is 0 Å². The summed E-state index contributed by atoms with van der Waals surface area (Å²) in [7, 11) is 0. The van der Waals surface area contributed by atoms with E-state index in [-0.39, 0.29) is 5.91 Å². The molecule has 1 aromatic heterocycles. The van der Waals surface area contributed by atoms with Crippen LogP contribution in [0, 0.1) is 0 Å². The van der Waals surface area contributed by atoms with Crippen molar-refractivity contribution in [3.63, 3.8) is 0 Å². The molecule has 0 aliphatic carbocycles. The molecule has 4 rings (SSSR count). The Balaban J connectivity index is 1.74. The summed E-state index contributed by atoms with van der Waals surface area (Å²) < 4.78 is 5.71. The number of hydrogen-bond donors (Lipinski definition) is 1. The van der Waals surface area contributed by atoms with Gasteiger partial charge in [0.15, 0.2) is 5.76 Å². The Morgan fingerprint density at radius 2 is 2.00 bits per heavy atom. The Morgan fingerprint density at radius 1 is 1.14 bits per heavy atom. The van der Waals surface area contributed by atoms with Crippen molar-refractivity contribution in [2.45, 2.75) is 12.8 Å². The van der Waals surface area contributed by atoms with Crippen molar-refractivity contribution in [2.75, 3.05) is 17.2 Å². The molecule has 0 bridgehead atoms. The lowest BCUT2D eigenvalue weighted by atomic mass is 10.0. The van der Waals surface area contributed by atoms with Crippen molar-refractivity contribution in [3.05, 3.63) is 59.9 Å². The lowest BCUT2D eigenvalue weighted by Gasteiger charge is -2.29. The highest BCUT2D eigenvalue weighted by atomic mass is 16.3. The number of carbonyl (C=O) groups excluding carboxylic acids is 1. The van der Waals surface area contributed by atoms with Crippen LogP contribution in [0.5, 0.6) is 0 Å². The smallest absolute Gasteiger partial charge is 0.294 e. The van der Waals surface area contributed by atoms with Crippen LogP contribution in [0.2, 0.25) is 0 Å². The first-order valence-corrected chi connectivity index (χ1v) is 7.41. The molecule has 4 heteroatoms. The standard InChI is InChI=1S/C18H16N2O2/c19-14-7-8-15-12(10-14)5-3-9-20(15)18(21)17-11-13-4-1-2-6-16(13)22-17/h1-2,4,6-8,10-11H,3,5,9,19H2. The first-order chi connectivity index (χ1) is 10.7. The summed E-state index contributed by atoms with van der Waals surface area (Å²) in [6.07, 6.45) is 1.88. The van der Waals surface area contributed by atoms with Crippen LogP contribution in [0.15, 0.2) is 52.9 Å². The molecule has 0 saturated heterocycles. The zero-order valence-electron chi connectivity index (χ0n) is 12.1. The first-order valence-electron chi connectivity index (χ1n) is 7.41. The average molecular weight is 292 g/mol. The van der Waals surface area contributed by atoms with Gasteiger partial charge in [0.25, 0.3) is 5.91 Å². The van der Waals surface area contributed by atoms with Gasteiger partial charge in [0.2, 0.25) is 0 Å². The molecule has 2 aromatic carbocycles. The van der Waals surface area contributed by atoms with Gasteiger partial charge in [-0.05, 0) is 48.7 Å². The normalized spacial score (nSPS) is 14.1. The number of anilines is 2. The maximum Gasteiger partial charge on any atom is 0.294 e. The minimum atomic E-state index is -0.0954. The monoisotopic (exact) mass is 292 g/mol. The Morgan fingerprint density at radius 3 is 2.86 bits per heavy atom. The lowest BCUT2D eigenvalue weighted by Crippen LogP contribution is -2.35. The predicted molar refractivity (Wildman–Crippen MR) is 87.1 cm³/mol. The van der Waals surface area contributed by atoms with Crippen LogP contribution >= 0.6 is 0 Å². The van der Waals surface area contributed by atoms with Crippen LogP contribution in [-0.2, 0) is 6.42 Å². The third kappa shape index (κ3) is 2.04. The van der Waals surface area contributed by atoms with E-state index in [2.05, 4.69) is 0 Å². The first kappa shape index (κ1) is 13.0. The molecular weight excluding hydrogens is 276 g/mol. The molecule has 1 aliphatic rings. The van der Waals surface area contributed by atoms with Gasteiger partial charge in [0.05, 0.1) is 0 Å². The van der Waals surface area contributed by atoms with Crippen LogP contribution in [0.25, 0.3) is 11.0 Å². The highest BCUT2D eigenvalue weighted by molar-refractivity contribution is 6.07. The fourth-order valence-corrected chi connectivity index (χ4v) is 3.05. The van der Waals surface area contributed by atoms with Gasteiger partial charge in [-0.1, -0.05) is 18.2 Å². The van der Waals surface area contributed by atoms with Crippen LogP contribution < -0.4 is 10.6 Å². The predicted octanol–water partition coefficient (Wildman–Crippen LogP) is 3.61. The second kappa shape index (κ2) is 4.91. The van der Waals surface area contributed by atoms with Crippen molar-refractivity contribution >= 4 is 28.3 Å². The highest BCUT2D eigenvalue weighted by Crippen LogP contribution is 2.31. The molecule has 22 heavy (non-hydrogen) atoms. The molecule has 0 fully saturated rings. The number of carbonyl (C=O) groups is 1. The summed E-state index contributed by atoms with van der Waals surface area (Å²) in [4.78, 5) is 14.6. The number of nitrogen functional groups attached to an aromatic ring is 1. The van der Waals surface area contributed by atoms with Crippen molar-refractivity contribution in [1.29, 1.82) is 0 Å². The van der Waals surface area contributed by atoms with Gasteiger partial charge >= 0.3 is 0 Å². The van der Waals surface area contributed by atoms with E-state index in [9.17, 15) is 4.79 Å². The Hall–Kier alpha value is -2.75. The van der Waals surface area contributed by atoms with Crippen molar-refractivity contribution in [1.82, 2.24) is 0 Å². The molecule has 2 N–H and O–H groups in total. The molecular formula is C18H16N2O2. The van der Waals surface area contributed by atoms with E-state index in [1.807, 2.05) is 48.5 Å². The number of hydrogen-bond acceptors (Lipinski definition) is 3. The zero-order valence-corrected chi connectivity index (χ0v) is 12.1. The average Bonchev–Trinajstić information content (AvgIpc) is 2.97. The van der Waals surface area contributed by atoms with E-state index in [1.165, 1.54) is 0 Å². The molecule has 3 aromatic rings. The van der Waals surface area contributed by atoms with Crippen molar-refractivity contribution in [2.24, 2.45) is 0 Å². The number of amides is 1. The van der Waals surface area contributed by atoms with Gasteiger partial charge in [-0.15, -0.1) is 0 Å². The van der Waals surface area contributed by atoms with E-state index in [0.717, 1.165) is 40.7 Å². The summed E-state index contributed by atoms with van der Waals surface area (Å²) in [5, 5.41) is 0.945. The number of fused-ring (bicyclic) bond motifs is 2. The number of rotatable bonds is 1. The third-order valence-electron chi connectivity index (χ3n) is 4.10. The SMILES string of the molecule is Nc1ccc2c(c1)CCCN2C(=O)c1cc2ccccc2o1. The fraction of sp³-hybridized carbons (Fsp3) is 0.167. The number of benzene rings is 2. The molecule has 1 amide bonds. The number of aryl methyl sites for hydroxylation is 1. The van der Waals surface area contributed by atoms with E-state index in [1.54, 1.807) is 4.90 Å². The van der Waals surface area contributed by atoms with Gasteiger partial charge in [-0.3, -0.25) is 4.79 Å². The Labute approximate surface area is 128 Å². The number of nitrogens with two attached hydrogens (primary N) is 1. The van der Waals surface area contributed by atoms with Gasteiger partial charge in [0, 0.05) is 23.3 Å². The lowest BCUT2D eigenvalue weighted by molar-refractivity contribution is 0.0960. The van der Waals surface area contributed by atoms with Crippen molar-refractivity contribution < 1.29 is 9.21 Å². The van der Waals surface area contributed by atoms with E-state index >= 15 is 0 Å². The maximum atomic E-state index is 12.8. The quantitative estimate of drug-likeness (QED) is 0.697. The minimum absolute atomic E-state index is 0.0954. The summed E-state index contributed by atoms with van der Waals surface area (Å²) in [6, 6.07) is 15.2. The number of nitrogens with zero attached hydrogens (tertiary/aromatic N) is 1. The van der Waals surface area contributed by atoms with Gasteiger partial charge in [-0.2, -0.15) is 0 Å². The largest absolute Gasteiger partial charge is 0.451 e. The molecule has 2 heterocycles. The fourth-order valence-electron chi connectivity index (χ4n) is 3.05. The zero-order chi connectivity index (χ0) is 15.1. The molecule has 4 nitrogen and oxygen atoms in total. The van der Waals surface area contributed by atoms with Crippen LogP contribution in [0.1, 0.15) is 22.5 Å². The van der Waals surface area contributed by atoms with Crippen LogP contribution in [0.3, 0.4) is 0 Å². The van der Waals surface area contributed by atoms with Gasteiger partial charge < -0.3 is 15.1 Å². The van der Waals surface area contributed by atoms with Crippen LogP contribution in [0.4, 0.5) is 11.4 Å². The van der Waals surface area contributed by atoms with E-state index < -0.39 is 0 Å². The third-order valence-corrected chi connectivity index (χ3v) is 4.10. The number of furan rings is 1. The molecule has 0 unspecified atom stereocenters. The summed E-state index contributed by atoms with van der Waals surface area (Å²) in [5.41, 5.74) is 9.37. The molecule has 0 spiro atoms. The number of para-hydroxylation sites is 1. The Kier molecular flexibility index (Phi) is 2.89. The van der Waals surface area contributed by atoms with E-state index in [0.29, 0.717) is 12.3 Å². The van der Waals surface area contributed by atoms with Crippen molar-refractivity contribution in [3.8, 4) is 0 Å². The maximum absolute atomic E-state index is 12.8. The molecule has 110 valence electrons. The topological polar surface area (TPSA) is 59.5 Å². The molecule has 0 radical (unpaired) electrons. The second-order valence-corrected chi connectivity index (χ2v) is 5.60. The van der Waals surface area contributed by atoms with Gasteiger partial charge in [0.1, 0.15) is 5.58 Å². The highest BCUT2D eigenvalue weighted by Gasteiger charge is 2.25. The molecule has 0 atom stereocenters. The summed E-state index contributed by atoms with van der Waals surface area (Å²) >= 11 is 0. The summed E-state index contributed by atoms with van der Waals surface area (Å²) in [6.45, 7) is 0.701. The molecule has 1 aliphatic heterocycles. The molecule has 0 saturated carbocycles. The summed E-state index contributed by atoms with van der Waals surface area (Å²) in [5.74, 6) is 0.285.